The third kappa shape index (κ3) is 10.3. The van der Waals surface area contributed by atoms with Crippen molar-refractivity contribution in [2.45, 2.75) is 241 Å². The molecule has 29 atom stereocenters. The van der Waals surface area contributed by atoms with Gasteiger partial charge in [0.2, 0.25) is 0 Å². The highest BCUT2D eigenvalue weighted by Gasteiger charge is 2.71. The van der Waals surface area contributed by atoms with Crippen LogP contribution in [0.5, 0.6) is 0 Å². The first-order chi connectivity index (χ1) is 34.8. The third-order valence-corrected chi connectivity index (χ3v) is 20.0. The third-order valence-electron chi connectivity index (χ3n) is 20.0. The predicted molar refractivity (Wildman–Crippen MR) is 256 cm³/mol. The molecule has 4 aliphatic carbocycles. The second-order valence-corrected chi connectivity index (χ2v) is 24.6. The molecule has 0 spiro atoms. The Morgan fingerprint density at radius 3 is 1.70 bits per heavy atom. The molecular formula is C52H88O22. The summed E-state index contributed by atoms with van der Waals surface area (Å²) in [5, 5.41) is 150. The lowest BCUT2D eigenvalue weighted by Crippen LogP contribution is -2.67. The van der Waals surface area contributed by atoms with Crippen LogP contribution in [-0.2, 0) is 37.9 Å². The molecule has 0 bridgehead atoms. The average molecular weight is 1070 g/mol. The van der Waals surface area contributed by atoms with Crippen LogP contribution in [0.3, 0.4) is 0 Å². The number of ether oxygens (including phenoxy) is 8. The number of aliphatic hydroxyl groups excluding tert-OH is 14. The zero-order valence-electron chi connectivity index (χ0n) is 43.8. The maximum Gasteiger partial charge on any atom is 0.187 e. The SMILES string of the molecule is CC(C)=CCCC(OC1OC(COC2OC(CO)C(O)C2O)C(O)C(O)C1O)C1CCC2(C)C1C(O)CC1C3(C)CCC(OC4OC(CO)C(O)C(O)C4OC4OC(CO)C(O)C(O)C4O)C(C)(C)C3CCC12C. The molecule has 8 aliphatic rings. The van der Waals surface area contributed by atoms with Crippen LogP contribution in [0.4, 0.5) is 0 Å². The lowest BCUT2D eigenvalue weighted by atomic mass is 9.35. The van der Waals surface area contributed by atoms with Crippen LogP contribution in [-0.4, -0.2) is 233 Å². The molecule has 29 unspecified atom stereocenters. The Hall–Kier alpha value is -1.14. The summed E-state index contributed by atoms with van der Waals surface area (Å²) >= 11 is 0. The van der Waals surface area contributed by atoms with Crippen LogP contribution < -0.4 is 0 Å². The Morgan fingerprint density at radius 1 is 0.554 bits per heavy atom. The topological polar surface area (TPSA) is 357 Å². The first kappa shape index (κ1) is 59.0. The first-order valence-corrected chi connectivity index (χ1v) is 26.9. The zero-order chi connectivity index (χ0) is 54.1. The van der Waals surface area contributed by atoms with Gasteiger partial charge in [0.05, 0.1) is 44.7 Å². The van der Waals surface area contributed by atoms with E-state index in [2.05, 4.69) is 40.7 Å². The van der Waals surface area contributed by atoms with E-state index in [0.717, 1.165) is 24.8 Å². The van der Waals surface area contributed by atoms with Gasteiger partial charge in [0.25, 0.3) is 0 Å². The fraction of sp³-hybridized carbons (Fsp3) is 0.962. The number of hydrogen-bond donors (Lipinski definition) is 14. The van der Waals surface area contributed by atoms with Gasteiger partial charge >= 0.3 is 0 Å². The fourth-order valence-corrected chi connectivity index (χ4v) is 15.7. The van der Waals surface area contributed by atoms with E-state index >= 15 is 0 Å². The van der Waals surface area contributed by atoms with Gasteiger partial charge in [-0.2, -0.15) is 0 Å². The smallest absolute Gasteiger partial charge is 0.187 e. The highest BCUT2D eigenvalue weighted by Crippen LogP contribution is 2.75. The summed E-state index contributed by atoms with van der Waals surface area (Å²) < 4.78 is 48.5. The molecule has 22 nitrogen and oxygen atoms in total. The van der Waals surface area contributed by atoms with E-state index in [0.29, 0.717) is 38.5 Å². The highest BCUT2D eigenvalue weighted by atomic mass is 16.8. The average Bonchev–Trinajstić information content (AvgIpc) is 3.87. The minimum atomic E-state index is -1.81. The Balaban J connectivity index is 0.995. The van der Waals surface area contributed by atoms with E-state index in [1.807, 2.05) is 13.8 Å². The van der Waals surface area contributed by atoms with Gasteiger partial charge in [0, 0.05) is 0 Å². The summed E-state index contributed by atoms with van der Waals surface area (Å²) in [5.74, 6) is -0.290. The van der Waals surface area contributed by atoms with Crippen molar-refractivity contribution in [2.75, 3.05) is 26.4 Å². The lowest BCUT2D eigenvalue weighted by Gasteiger charge is -2.70. The van der Waals surface area contributed by atoms with Crippen molar-refractivity contribution in [1.29, 1.82) is 0 Å². The summed E-state index contributed by atoms with van der Waals surface area (Å²) in [6, 6.07) is 0. The zero-order valence-corrected chi connectivity index (χ0v) is 43.8. The molecule has 8 rings (SSSR count). The van der Waals surface area contributed by atoms with Crippen molar-refractivity contribution in [2.24, 2.45) is 45.3 Å². The van der Waals surface area contributed by atoms with Gasteiger partial charge in [-0.25, -0.2) is 0 Å². The van der Waals surface area contributed by atoms with Crippen LogP contribution in [0, 0.1) is 45.3 Å². The maximum absolute atomic E-state index is 12.7. The van der Waals surface area contributed by atoms with E-state index < -0.39 is 167 Å². The molecule has 0 amide bonds. The summed E-state index contributed by atoms with van der Waals surface area (Å²) in [7, 11) is 0. The van der Waals surface area contributed by atoms with Crippen LogP contribution in [0.1, 0.15) is 106 Å². The van der Waals surface area contributed by atoms with E-state index in [1.165, 1.54) is 0 Å². The molecule has 428 valence electrons. The Bertz CT molecular complexity index is 1890. The van der Waals surface area contributed by atoms with E-state index in [9.17, 15) is 71.5 Å². The van der Waals surface area contributed by atoms with Gasteiger partial charge in [0.15, 0.2) is 25.2 Å². The summed E-state index contributed by atoms with van der Waals surface area (Å²) in [6.07, 6.45) is -22.4. The van der Waals surface area contributed by atoms with E-state index in [4.69, 9.17) is 37.9 Å². The van der Waals surface area contributed by atoms with E-state index in [-0.39, 0.29) is 39.9 Å². The van der Waals surface area contributed by atoms with Crippen LogP contribution >= 0.6 is 0 Å². The second kappa shape index (κ2) is 22.8. The molecule has 0 aromatic heterocycles. The van der Waals surface area contributed by atoms with Gasteiger partial charge < -0.3 is 109 Å². The molecule has 8 fully saturated rings. The molecule has 4 saturated heterocycles. The molecule has 4 saturated carbocycles. The number of hydrogen-bond acceptors (Lipinski definition) is 22. The highest BCUT2D eigenvalue weighted by molar-refractivity contribution is 5.20. The number of aliphatic hydroxyl groups is 14. The number of allylic oxidation sites excluding steroid dienone is 2. The van der Waals surface area contributed by atoms with Crippen LogP contribution in [0.15, 0.2) is 11.6 Å². The van der Waals surface area contributed by atoms with Crippen molar-refractivity contribution >= 4 is 0 Å². The molecule has 22 heteroatoms. The molecular weight excluding hydrogens is 977 g/mol. The van der Waals surface area contributed by atoms with Crippen molar-refractivity contribution in [3.05, 3.63) is 11.6 Å². The van der Waals surface area contributed by atoms with Crippen molar-refractivity contribution in [3.63, 3.8) is 0 Å². The van der Waals surface area contributed by atoms with Crippen molar-refractivity contribution in [3.8, 4) is 0 Å². The van der Waals surface area contributed by atoms with Gasteiger partial charge in [-0.15, -0.1) is 0 Å². The van der Waals surface area contributed by atoms with Gasteiger partial charge in [0.1, 0.15) is 91.6 Å². The molecule has 74 heavy (non-hydrogen) atoms. The largest absolute Gasteiger partial charge is 0.394 e. The summed E-state index contributed by atoms with van der Waals surface area (Å²) in [5.41, 5.74) is -0.372. The summed E-state index contributed by atoms with van der Waals surface area (Å²) in [6.45, 7) is 12.9. The first-order valence-electron chi connectivity index (χ1n) is 26.9. The number of fused-ring (bicyclic) bond motifs is 5. The Kier molecular flexibility index (Phi) is 18.2. The van der Waals surface area contributed by atoms with Crippen LogP contribution in [0.25, 0.3) is 0 Å². The fourth-order valence-electron chi connectivity index (χ4n) is 15.7. The second-order valence-electron chi connectivity index (χ2n) is 24.6. The van der Waals surface area contributed by atoms with Gasteiger partial charge in [-0.05, 0) is 117 Å². The molecule has 0 radical (unpaired) electrons. The minimum Gasteiger partial charge on any atom is -0.394 e. The summed E-state index contributed by atoms with van der Waals surface area (Å²) in [4.78, 5) is 0. The Morgan fingerprint density at radius 2 is 1.08 bits per heavy atom. The predicted octanol–water partition coefficient (Wildman–Crippen LogP) is -1.95. The Labute approximate surface area is 433 Å². The van der Waals surface area contributed by atoms with Crippen LogP contribution in [0.2, 0.25) is 0 Å². The molecule has 0 aromatic carbocycles. The van der Waals surface area contributed by atoms with Crippen molar-refractivity contribution < 1.29 is 109 Å². The van der Waals surface area contributed by atoms with E-state index in [1.54, 1.807) is 0 Å². The van der Waals surface area contributed by atoms with Gasteiger partial charge in [-0.1, -0.05) is 46.3 Å². The molecule has 0 aromatic rings. The molecule has 4 heterocycles. The monoisotopic (exact) mass is 1060 g/mol. The maximum atomic E-state index is 12.7. The van der Waals surface area contributed by atoms with Gasteiger partial charge in [-0.3, -0.25) is 0 Å². The van der Waals surface area contributed by atoms with Crippen molar-refractivity contribution in [1.82, 2.24) is 0 Å². The molecule has 14 N–H and O–H groups in total. The quantitative estimate of drug-likeness (QED) is 0.0590. The molecule has 4 aliphatic heterocycles. The minimum absolute atomic E-state index is 0.0578. The lowest BCUT2D eigenvalue weighted by molar-refractivity contribution is -0.378. The number of rotatable bonds is 16. The normalized spacial score (nSPS) is 52.7. The standard InChI is InChI=1S/C52H88O22/c1-22(2)9-8-10-25(68-46-42(65)39(62)37(60)29(72-46)21-67-45-41(64)36(59)28(20-55)69-45)23-11-15-52(7)33(23)24(56)17-31-50(5)14-13-32(49(3,4)30(50)12-16-51(31,52)6)73-48-44(40(63)35(58)27(19-54)71-48)74-47-43(66)38(61)34(57)26(18-53)70-47/h9,23-48,53-66H,8,10-21H2,1-7H3.